The molecule has 0 spiro atoms. The summed E-state index contributed by atoms with van der Waals surface area (Å²) in [6, 6.07) is 3.67. The topological polar surface area (TPSA) is 62.1 Å². The van der Waals surface area contributed by atoms with Crippen molar-refractivity contribution < 1.29 is 4.79 Å². The van der Waals surface area contributed by atoms with Gasteiger partial charge in [-0.05, 0) is 37.6 Å². The van der Waals surface area contributed by atoms with Crippen molar-refractivity contribution in [3.8, 4) is 0 Å². The number of aromatic nitrogens is 1. The molecule has 0 amide bonds. The van der Waals surface area contributed by atoms with Gasteiger partial charge in [-0.15, -0.1) is 12.4 Å². The number of aromatic amines is 1. The fraction of sp³-hybridized carbons (Fsp3) is 0.545. The number of likely N-dealkylation sites (tertiary alicyclic amines) is 1. The molecule has 1 aromatic rings. The minimum absolute atomic E-state index is 0. The zero-order chi connectivity index (χ0) is 10.7. The van der Waals surface area contributed by atoms with Gasteiger partial charge in [-0.3, -0.25) is 9.69 Å². The predicted octanol–water partition coefficient (Wildman–Crippen LogP) is 0.900. The first-order valence-corrected chi connectivity index (χ1v) is 5.38. The number of nitrogens with zero attached hydrogens (tertiary/aromatic N) is 1. The van der Waals surface area contributed by atoms with E-state index in [1.54, 1.807) is 6.20 Å². The standard InChI is InChI=1S/C11H17N3O.ClH/c12-6-9-3-5-14(7-9)8-11(15)10-2-1-4-13-10;/h1-2,4,9,13H,3,5-8,12H2;1H. The smallest absolute Gasteiger partial charge is 0.192 e. The van der Waals surface area contributed by atoms with Gasteiger partial charge in [-0.2, -0.15) is 0 Å². The Morgan fingerprint density at radius 1 is 1.62 bits per heavy atom. The number of nitrogens with two attached hydrogens (primary N) is 1. The Kier molecular flexibility index (Phi) is 4.99. The van der Waals surface area contributed by atoms with Crippen LogP contribution in [0.4, 0.5) is 0 Å². The number of halogens is 1. The van der Waals surface area contributed by atoms with E-state index in [1.807, 2.05) is 12.1 Å². The summed E-state index contributed by atoms with van der Waals surface area (Å²) >= 11 is 0. The van der Waals surface area contributed by atoms with Gasteiger partial charge < -0.3 is 10.7 Å². The largest absolute Gasteiger partial charge is 0.359 e. The van der Waals surface area contributed by atoms with Crippen LogP contribution in [-0.2, 0) is 0 Å². The van der Waals surface area contributed by atoms with Crippen molar-refractivity contribution in [1.29, 1.82) is 0 Å². The van der Waals surface area contributed by atoms with Gasteiger partial charge in [0.25, 0.3) is 0 Å². The van der Waals surface area contributed by atoms with Crippen LogP contribution in [0.25, 0.3) is 0 Å². The second-order valence-electron chi connectivity index (χ2n) is 4.13. The molecule has 0 saturated carbocycles. The van der Waals surface area contributed by atoms with E-state index in [2.05, 4.69) is 9.88 Å². The number of H-pyrrole nitrogens is 1. The average molecular weight is 244 g/mol. The summed E-state index contributed by atoms with van der Waals surface area (Å²) < 4.78 is 0. The van der Waals surface area contributed by atoms with Gasteiger partial charge in [-0.1, -0.05) is 0 Å². The number of ketones is 1. The zero-order valence-corrected chi connectivity index (χ0v) is 10.0. The number of Topliss-reactive ketones (excluding diaryl/α,β-unsaturated/α-hetero) is 1. The van der Waals surface area contributed by atoms with Crippen molar-refractivity contribution in [3.05, 3.63) is 24.0 Å². The van der Waals surface area contributed by atoms with Crippen molar-refractivity contribution in [2.75, 3.05) is 26.2 Å². The van der Waals surface area contributed by atoms with E-state index in [-0.39, 0.29) is 18.2 Å². The SMILES string of the molecule is Cl.NCC1CCN(CC(=O)c2ccc[nH]2)C1. The van der Waals surface area contributed by atoms with Crippen molar-refractivity contribution in [3.63, 3.8) is 0 Å². The number of carbonyl (C=O) groups is 1. The molecule has 1 aromatic heterocycles. The quantitative estimate of drug-likeness (QED) is 0.773. The Bertz CT molecular complexity index is 326. The fourth-order valence-corrected chi connectivity index (χ4v) is 2.04. The monoisotopic (exact) mass is 243 g/mol. The number of carbonyl (C=O) groups excluding carboxylic acids is 1. The van der Waals surface area contributed by atoms with E-state index < -0.39 is 0 Å². The van der Waals surface area contributed by atoms with Gasteiger partial charge in [0.1, 0.15) is 0 Å². The highest BCUT2D eigenvalue weighted by Gasteiger charge is 2.23. The lowest BCUT2D eigenvalue weighted by atomic mass is 10.1. The molecule has 2 heterocycles. The summed E-state index contributed by atoms with van der Waals surface area (Å²) in [6.45, 7) is 3.20. The highest BCUT2D eigenvalue weighted by molar-refractivity contribution is 5.95. The van der Waals surface area contributed by atoms with Crippen LogP contribution in [0.3, 0.4) is 0 Å². The molecule has 1 aliphatic rings. The Hall–Kier alpha value is -0.840. The lowest BCUT2D eigenvalue weighted by Gasteiger charge is -2.13. The van der Waals surface area contributed by atoms with Gasteiger partial charge in [0.05, 0.1) is 12.2 Å². The Balaban J connectivity index is 0.00000128. The van der Waals surface area contributed by atoms with Crippen LogP contribution in [0.2, 0.25) is 0 Å². The van der Waals surface area contributed by atoms with Gasteiger partial charge >= 0.3 is 0 Å². The maximum absolute atomic E-state index is 11.8. The van der Waals surface area contributed by atoms with E-state index in [9.17, 15) is 4.79 Å². The molecule has 3 N–H and O–H groups in total. The Labute approximate surface area is 102 Å². The number of hydrogen-bond acceptors (Lipinski definition) is 3. The van der Waals surface area contributed by atoms with E-state index >= 15 is 0 Å². The van der Waals surface area contributed by atoms with Crippen molar-refractivity contribution in [2.24, 2.45) is 11.7 Å². The molecular formula is C11H18ClN3O. The van der Waals surface area contributed by atoms with E-state index in [1.165, 1.54) is 0 Å². The second kappa shape index (κ2) is 6.03. The first-order chi connectivity index (χ1) is 7.29. The summed E-state index contributed by atoms with van der Waals surface area (Å²) in [6.07, 6.45) is 2.90. The van der Waals surface area contributed by atoms with Crippen LogP contribution in [0.1, 0.15) is 16.9 Å². The third-order valence-electron chi connectivity index (χ3n) is 2.97. The van der Waals surface area contributed by atoms with Gasteiger partial charge in [0.2, 0.25) is 0 Å². The van der Waals surface area contributed by atoms with Crippen molar-refractivity contribution in [2.45, 2.75) is 6.42 Å². The van der Waals surface area contributed by atoms with Gasteiger partial charge in [-0.25, -0.2) is 0 Å². The van der Waals surface area contributed by atoms with Crippen LogP contribution in [0.15, 0.2) is 18.3 Å². The molecule has 2 rings (SSSR count). The molecule has 16 heavy (non-hydrogen) atoms. The fourth-order valence-electron chi connectivity index (χ4n) is 2.04. The summed E-state index contributed by atoms with van der Waals surface area (Å²) in [7, 11) is 0. The lowest BCUT2D eigenvalue weighted by molar-refractivity contribution is 0.0939. The molecule has 1 atom stereocenters. The molecule has 1 saturated heterocycles. The zero-order valence-electron chi connectivity index (χ0n) is 9.19. The molecule has 0 bridgehead atoms. The molecule has 1 aliphatic heterocycles. The summed E-state index contributed by atoms with van der Waals surface area (Å²) in [4.78, 5) is 16.9. The molecular weight excluding hydrogens is 226 g/mol. The van der Waals surface area contributed by atoms with Crippen LogP contribution >= 0.6 is 12.4 Å². The van der Waals surface area contributed by atoms with Gasteiger partial charge in [0, 0.05) is 12.7 Å². The number of rotatable bonds is 4. The summed E-state index contributed by atoms with van der Waals surface area (Å²) in [5.74, 6) is 0.735. The van der Waals surface area contributed by atoms with Crippen molar-refractivity contribution >= 4 is 18.2 Å². The third kappa shape index (κ3) is 3.07. The van der Waals surface area contributed by atoms with Gasteiger partial charge in [0.15, 0.2) is 5.78 Å². The summed E-state index contributed by atoms with van der Waals surface area (Å²) in [5, 5.41) is 0. The maximum Gasteiger partial charge on any atom is 0.192 e. The van der Waals surface area contributed by atoms with Crippen molar-refractivity contribution in [1.82, 2.24) is 9.88 Å². The minimum Gasteiger partial charge on any atom is -0.359 e. The lowest BCUT2D eigenvalue weighted by Crippen LogP contribution is -2.29. The molecule has 0 aromatic carbocycles. The number of nitrogens with one attached hydrogen (secondary N) is 1. The minimum atomic E-state index is 0. The van der Waals surface area contributed by atoms with Crippen LogP contribution in [-0.4, -0.2) is 41.8 Å². The van der Waals surface area contributed by atoms with Crippen LogP contribution < -0.4 is 5.73 Å². The van der Waals surface area contributed by atoms with Crippen LogP contribution in [0, 0.1) is 5.92 Å². The first-order valence-electron chi connectivity index (χ1n) is 5.38. The Morgan fingerprint density at radius 3 is 3.00 bits per heavy atom. The highest BCUT2D eigenvalue weighted by Crippen LogP contribution is 2.14. The molecule has 4 nitrogen and oxygen atoms in total. The van der Waals surface area contributed by atoms with E-state index in [4.69, 9.17) is 5.73 Å². The predicted molar refractivity (Wildman–Crippen MR) is 66.0 cm³/mol. The first kappa shape index (κ1) is 13.2. The molecule has 1 unspecified atom stereocenters. The molecule has 1 fully saturated rings. The van der Waals surface area contributed by atoms with E-state index in [0.717, 1.165) is 26.1 Å². The second-order valence-corrected chi connectivity index (χ2v) is 4.13. The normalized spacial score (nSPS) is 20.7. The van der Waals surface area contributed by atoms with Crippen LogP contribution in [0.5, 0.6) is 0 Å². The molecule has 0 radical (unpaired) electrons. The van der Waals surface area contributed by atoms with E-state index in [0.29, 0.717) is 18.2 Å². The third-order valence-corrected chi connectivity index (χ3v) is 2.97. The molecule has 5 heteroatoms. The molecule has 90 valence electrons. The summed E-state index contributed by atoms with van der Waals surface area (Å²) in [5.41, 5.74) is 6.30. The number of hydrogen-bond donors (Lipinski definition) is 2. The average Bonchev–Trinajstić information content (AvgIpc) is 2.87. The highest BCUT2D eigenvalue weighted by atomic mass is 35.5. The maximum atomic E-state index is 11.8. The molecule has 0 aliphatic carbocycles. The Morgan fingerprint density at radius 2 is 2.44 bits per heavy atom.